The second-order valence-electron chi connectivity index (χ2n) is 4.78. The van der Waals surface area contributed by atoms with Crippen LogP contribution >= 0.6 is 11.5 Å². The van der Waals surface area contributed by atoms with Gasteiger partial charge in [-0.2, -0.15) is 9.64 Å². The highest BCUT2D eigenvalue weighted by Crippen LogP contribution is 2.27. The maximum atomic E-state index is 9.08. The van der Waals surface area contributed by atoms with Crippen molar-refractivity contribution in [2.75, 3.05) is 18.9 Å². The number of rotatable bonds is 2. The Bertz CT molecular complexity index is 434. The summed E-state index contributed by atoms with van der Waals surface area (Å²) in [6.07, 6.45) is 2.25. The zero-order chi connectivity index (χ0) is 12.4. The van der Waals surface area contributed by atoms with Gasteiger partial charge in [0.25, 0.3) is 0 Å². The van der Waals surface area contributed by atoms with Crippen LogP contribution in [0.15, 0.2) is 0 Å². The molecule has 92 valence electrons. The second kappa shape index (κ2) is 5.03. The Kier molecular flexibility index (Phi) is 3.65. The van der Waals surface area contributed by atoms with Crippen molar-refractivity contribution in [2.45, 2.75) is 38.8 Å². The van der Waals surface area contributed by atoms with E-state index >= 15 is 0 Å². The number of anilines is 1. The monoisotopic (exact) mass is 250 g/mol. The van der Waals surface area contributed by atoms with Crippen LogP contribution in [0.3, 0.4) is 0 Å². The molecule has 2 heterocycles. The van der Waals surface area contributed by atoms with Crippen molar-refractivity contribution < 1.29 is 0 Å². The predicted octanol–water partition coefficient (Wildman–Crippen LogP) is 2.22. The van der Waals surface area contributed by atoms with Gasteiger partial charge >= 0.3 is 0 Å². The Morgan fingerprint density at radius 3 is 3.00 bits per heavy atom. The van der Waals surface area contributed by atoms with Crippen molar-refractivity contribution in [2.24, 2.45) is 0 Å². The summed E-state index contributed by atoms with van der Waals surface area (Å²) >= 11 is 1.40. The molecule has 4 nitrogen and oxygen atoms in total. The highest BCUT2D eigenvalue weighted by atomic mass is 32.1. The van der Waals surface area contributed by atoms with Crippen molar-refractivity contribution in [1.29, 1.82) is 5.26 Å². The van der Waals surface area contributed by atoms with E-state index in [1.165, 1.54) is 11.5 Å². The molecule has 0 radical (unpaired) electrons. The summed E-state index contributed by atoms with van der Waals surface area (Å²) in [6, 6.07) is 3.29. The Morgan fingerprint density at radius 2 is 2.35 bits per heavy atom. The molecule has 0 spiro atoms. The van der Waals surface area contributed by atoms with E-state index in [1.807, 2.05) is 6.92 Å². The number of nitriles is 1. The summed E-state index contributed by atoms with van der Waals surface area (Å²) in [5.74, 6) is 0. The number of nitrogens with zero attached hydrogens (tertiary/aromatic N) is 3. The molecule has 0 bridgehead atoms. The van der Waals surface area contributed by atoms with Gasteiger partial charge in [-0.15, -0.1) is 0 Å². The first kappa shape index (κ1) is 12.3. The van der Waals surface area contributed by atoms with Gasteiger partial charge in [0.1, 0.15) is 16.6 Å². The van der Waals surface area contributed by atoms with Crippen molar-refractivity contribution in [1.82, 2.24) is 9.27 Å². The van der Waals surface area contributed by atoms with Crippen molar-refractivity contribution in [3.63, 3.8) is 0 Å². The van der Waals surface area contributed by atoms with Crippen LogP contribution in [0, 0.1) is 18.3 Å². The Balaban J connectivity index is 2.04. The van der Waals surface area contributed by atoms with Crippen LogP contribution in [0.25, 0.3) is 0 Å². The predicted molar refractivity (Wildman–Crippen MR) is 70.3 cm³/mol. The lowest BCUT2D eigenvalue weighted by molar-refractivity contribution is 0.190. The fourth-order valence-electron chi connectivity index (χ4n) is 2.21. The zero-order valence-corrected chi connectivity index (χ0v) is 11.3. The average molecular weight is 250 g/mol. The van der Waals surface area contributed by atoms with E-state index in [0.717, 1.165) is 30.1 Å². The lowest BCUT2D eigenvalue weighted by Gasteiger charge is -2.35. The molecular formula is C12H18N4S. The fraction of sp³-hybridized carbons (Fsp3) is 0.667. The average Bonchev–Trinajstić information content (AvgIpc) is 2.64. The minimum atomic E-state index is 0.466. The zero-order valence-electron chi connectivity index (χ0n) is 10.5. The standard InChI is InChI=1S/C12H18N4S/c1-8-6-10(4-5-16(8)3)14-12-11(7-13)9(2)15-17-12/h8,10,14H,4-6H2,1-3H3. The van der Waals surface area contributed by atoms with E-state index in [4.69, 9.17) is 5.26 Å². The summed E-state index contributed by atoms with van der Waals surface area (Å²) in [5, 5.41) is 13.5. The number of aromatic nitrogens is 1. The van der Waals surface area contributed by atoms with E-state index in [0.29, 0.717) is 17.6 Å². The van der Waals surface area contributed by atoms with Crippen LogP contribution in [0.4, 0.5) is 5.00 Å². The molecule has 1 fully saturated rings. The maximum Gasteiger partial charge on any atom is 0.127 e. The van der Waals surface area contributed by atoms with Crippen LogP contribution in [0.1, 0.15) is 31.0 Å². The highest BCUT2D eigenvalue weighted by molar-refractivity contribution is 7.10. The highest BCUT2D eigenvalue weighted by Gasteiger charge is 2.24. The molecule has 0 aromatic carbocycles. The number of aryl methyl sites for hydroxylation is 1. The van der Waals surface area contributed by atoms with Crippen LogP contribution in [0.5, 0.6) is 0 Å². The molecule has 1 N–H and O–H groups in total. The smallest absolute Gasteiger partial charge is 0.127 e. The van der Waals surface area contributed by atoms with Gasteiger partial charge in [-0.05, 0) is 45.3 Å². The molecule has 1 aromatic heterocycles. The maximum absolute atomic E-state index is 9.08. The third-order valence-electron chi connectivity index (χ3n) is 3.52. The first-order valence-electron chi connectivity index (χ1n) is 5.95. The summed E-state index contributed by atoms with van der Waals surface area (Å²) in [5.41, 5.74) is 1.54. The Morgan fingerprint density at radius 1 is 1.59 bits per heavy atom. The number of hydrogen-bond donors (Lipinski definition) is 1. The fourth-order valence-corrected chi connectivity index (χ4v) is 3.03. The molecule has 1 aliphatic heterocycles. The van der Waals surface area contributed by atoms with Gasteiger partial charge in [0.05, 0.1) is 5.69 Å². The van der Waals surface area contributed by atoms with Crippen LogP contribution < -0.4 is 5.32 Å². The number of hydrogen-bond acceptors (Lipinski definition) is 5. The molecule has 2 atom stereocenters. The van der Waals surface area contributed by atoms with Gasteiger partial charge < -0.3 is 10.2 Å². The number of nitrogens with one attached hydrogen (secondary N) is 1. The molecule has 0 aliphatic carbocycles. The number of likely N-dealkylation sites (tertiary alicyclic amines) is 1. The Labute approximate surface area is 106 Å². The SMILES string of the molecule is Cc1nsc(NC2CCN(C)C(C)C2)c1C#N. The third kappa shape index (κ3) is 2.59. The largest absolute Gasteiger partial charge is 0.372 e. The summed E-state index contributed by atoms with van der Waals surface area (Å²) < 4.78 is 4.23. The van der Waals surface area contributed by atoms with Gasteiger partial charge in [-0.3, -0.25) is 0 Å². The molecule has 0 saturated carbocycles. The van der Waals surface area contributed by atoms with Gasteiger partial charge in [-0.25, -0.2) is 0 Å². The van der Waals surface area contributed by atoms with Gasteiger partial charge in [-0.1, -0.05) is 0 Å². The van der Waals surface area contributed by atoms with Crippen molar-refractivity contribution in [3.8, 4) is 6.07 Å². The molecule has 2 unspecified atom stereocenters. The molecule has 1 aromatic rings. The van der Waals surface area contributed by atoms with Gasteiger partial charge in [0, 0.05) is 18.6 Å². The minimum Gasteiger partial charge on any atom is -0.372 e. The third-order valence-corrected chi connectivity index (χ3v) is 4.39. The quantitative estimate of drug-likeness (QED) is 0.874. The van der Waals surface area contributed by atoms with E-state index in [9.17, 15) is 0 Å². The topological polar surface area (TPSA) is 52.0 Å². The molecular weight excluding hydrogens is 232 g/mol. The van der Waals surface area contributed by atoms with E-state index in [-0.39, 0.29) is 0 Å². The Hall–Kier alpha value is -1.12. The van der Waals surface area contributed by atoms with Crippen molar-refractivity contribution >= 4 is 16.5 Å². The van der Waals surface area contributed by atoms with Crippen LogP contribution in [-0.2, 0) is 0 Å². The van der Waals surface area contributed by atoms with Crippen molar-refractivity contribution in [3.05, 3.63) is 11.3 Å². The molecule has 5 heteroatoms. The molecule has 2 rings (SSSR count). The first-order valence-corrected chi connectivity index (χ1v) is 6.72. The molecule has 17 heavy (non-hydrogen) atoms. The molecule has 1 aliphatic rings. The first-order chi connectivity index (χ1) is 8.11. The minimum absolute atomic E-state index is 0.466. The molecule has 0 amide bonds. The van der Waals surface area contributed by atoms with Crippen LogP contribution in [0.2, 0.25) is 0 Å². The number of piperidine rings is 1. The van der Waals surface area contributed by atoms with E-state index in [1.54, 1.807) is 0 Å². The lowest BCUT2D eigenvalue weighted by atomic mass is 9.99. The summed E-state index contributed by atoms with van der Waals surface area (Å²) in [7, 11) is 2.17. The summed E-state index contributed by atoms with van der Waals surface area (Å²) in [4.78, 5) is 2.38. The van der Waals surface area contributed by atoms with Gasteiger partial charge in [0.15, 0.2) is 0 Å². The second-order valence-corrected chi connectivity index (χ2v) is 5.55. The molecule has 1 saturated heterocycles. The van der Waals surface area contributed by atoms with E-state index in [2.05, 4.69) is 34.6 Å². The summed E-state index contributed by atoms with van der Waals surface area (Å²) in [6.45, 7) is 5.24. The van der Waals surface area contributed by atoms with E-state index < -0.39 is 0 Å². The lowest BCUT2D eigenvalue weighted by Crippen LogP contribution is -2.42. The van der Waals surface area contributed by atoms with Crippen LogP contribution in [-0.4, -0.2) is 34.9 Å². The normalized spacial score (nSPS) is 25.5. The van der Waals surface area contributed by atoms with Gasteiger partial charge in [0.2, 0.25) is 0 Å².